The first-order valence-electron chi connectivity index (χ1n) is 6.75. The van der Waals surface area contributed by atoms with Crippen molar-refractivity contribution in [2.24, 2.45) is 0 Å². The topological polar surface area (TPSA) is 69.6 Å². The van der Waals surface area contributed by atoms with Crippen LogP contribution in [0.3, 0.4) is 0 Å². The fraction of sp³-hybridized carbons (Fsp3) is 0.846. The molecule has 1 atom stereocenters. The molecule has 0 heterocycles. The average molecular weight is 258 g/mol. The SMILES string of the molecule is CCCN(CCC)CCCC(=O)N[C@H](C)C(=O)O. The second kappa shape index (κ2) is 9.88. The maximum atomic E-state index is 11.5. The molecule has 0 aliphatic carbocycles. The van der Waals surface area contributed by atoms with E-state index in [9.17, 15) is 9.59 Å². The number of nitrogens with one attached hydrogen (secondary N) is 1. The minimum Gasteiger partial charge on any atom is -0.480 e. The first-order valence-corrected chi connectivity index (χ1v) is 6.75. The van der Waals surface area contributed by atoms with Gasteiger partial charge in [0.05, 0.1) is 0 Å². The monoisotopic (exact) mass is 258 g/mol. The van der Waals surface area contributed by atoms with Crippen LogP contribution < -0.4 is 5.32 Å². The van der Waals surface area contributed by atoms with E-state index in [-0.39, 0.29) is 5.91 Å². The third kappa shape index (κ3) is 8.06. The lowest BCUT2D eigenvalue weighted by atomic mass is 10.2. The molecule has 0 saturated heterocycles. The molecule has 0 aliphatic rings. The van der Waals surface area contributed by atoms with Crippen LogP contribution in [0.15, 0.2) is 0 Å². The second-order valence-corrected chi connectivity index (χ2v) is 4.57. The van der Waals surface area contributed by atoms with Crippen molar-refractivity contribution >= 4 is 11.9 Å². The first-order chi connectivity index (χ1) is 8.51. The molecule has 0 rings (SSSR count). The normalized spacial score (nSPS) is 12.4. The number of nitrogens with zero attached hydrogens (tertiary/aromatic N) is 1. The molecular formula is C13H26N2O3. The van der Waals surface area contributed by atoms with E-state index < -0.39 is 12.0 Å². The van der Waals surface area contributed by atoms with E-state index in [0.29, 0.717) is 6.42 Å². The number of carbonyl (C=O) groups excluding carboxylic acids is 1. The van der Waals surface area contributed by atoms with Crippen LogP contribution in [0, 0.1) is 0 Å². The number of aliphatic carboxylic acids is 1. The summed E-state index contributed by atoms with van der Waals surface area (Å²) in [7, 11) is 0. The largest absolute Gasteiger partial charge is 0.480 e. The molecule has 0 saturated carbocycles. The minimum absolute atomic E-state index is 0.183. The molecule has 0 aromatic rings. The van der Waals surface area contributed by atoms with Crippen molar-refractivity contribution in [1.29, 1.82) is 0 Å². The zero-order chi connectivity index (χ0) is 14.0. The number of amides is 1. The summed E-state index contributed by atoms with van der Waals surface area (Å²) in [4.78, 5) is 24.4. The van der Waals surface area contributed by atoms with Gasteiger partial charge in [-0.15, -0.1) is 0 Å². The summed E-state index contributed by atoms with van der Waals surface area (Å²) in [6.45, 7) is 8.77. The first kappa shape index (κ1) is 16.9. The summed E-state index contributed by atoms with van der Waals surface area (Å²) in [6.07, 6.45) is 3.39. The van der Waals surface area contributed by atoms with Gasteiger partial charge in [0.25, 0.3) is 0 Å². The highest BCUT2D eigenvalue weighted by molar-refractivity contribution is 5.83. The zero-order valence-electron chi connectivity index (χ0n) is 11.7. The van der Waals surface area contributed by atoms with Gasteiger partial charge >= 0.3 is 5.97 Å². The van der Waals surface area contributed by atoms with Gasteiger partial charge in [0.2, 0.25) is 5.91 Å². The number of carbonyl (C=O) groups is 2. The van der Waals surface area contributed by atoms with Crippen molar-refractivity contribution in [3.63, 3.8) is 0 Å². The molecule has 106 valence electrons. The van der Waals surface area contributed by atoms with Crippen LogP contribution in [0.5, 0.6) is 0 Å². The number of carboxylic acids is 1. The lowest BCUT2D eigenvalue weighted by Gasteiger charge is -2.20. The van der Waals surface area contributed by atoms with E-state index in [4.69, 9.17) is 5.11 Å². The summed E-state index contributed by atoms with van der Waals surface area (Å²) in [5, 5.41) is 11.1. The molecule has 5 heteroatoms. The zero-order valence-corrected chi connectivity index (χ0v) is 11.7. The van der Waals surface area contributed by atoms with Gasteiger partial charge in [-0.3, -0.25) is 9.59 Å². The van der Waals surface area contributed by atoms with E-state index in [1.807, 2.05) is 0 Å². The Labute approximate surface area is 110 Å². The fourth-order valence-corrected chi connectivity index (χ4v) is 1.81. The van der Waals surface area contributed by atoms with Crippen molar-refractivity contribution in [3.8, 4) is 0 Å². The number of rotatable bonds is 10. The highest BCUT2D eigenvalue weighted by Gasteiger charge is 2.13. The lowest BCUT2D eigenvalue weighted by molar-refractivity contribution is -0.141. The summed E-state index contributed by atoms with van der Waals surface area (Å²) in [5.74, 6) is -1.18. The number of hydrogen-bond donors (Lipinski definition) is 2. The minimum atomic E-state index is -0.998. The molecule has 1 amide bonds. The Morgan fingerprint density at radius 3 is 2.17 bits per heavy atom. The van der Waals surface area contributed by atoms with Crippen LogP contribution >= 0.6 is 0 Å². The molecule has 2 N–H and O–H groups in total. The molecule has 0 bridgehead atoms. The van der Waals surface area contributed by atoms with Crippen LogP contribution in [0.1, 0.15) is 46.5 Å². The van der Waals surface area contributed by atoms with Gasteiger partial charge in [-0.25, -0.2) is 0 Å². The smallest absolute Gasteiger partial charge is 0.325 e. The van der Waals surface area contributed by atoms with Gasteiger partial charge in [-0.1, -0.05) is 13.8 Å². The van der Waals surface area contributed by atoms with Gasteiger partial charge in [0, 0.05) is 6.42 Å². The third-order valence-corrected chi connectivity index (χ3v) is 2.71. The molecular weight excluding hydrogens is 232 g/mol. The van der Waals surface area contributed by atoms with Crippen LogP contribution in [-0.2, 0) is 9.59 Å². The van der Waals surface area contributed by atoms with Gasteiger partial charge < -0.3 is 15.3 Å². The molecule has 0 unspecified atom stereocenters. The van der Waals surface area contributed by atoms with Crippen LogP contribution in [0.4, 0.5) is 0 Å². The summed E-state index contributed by atoms with van der Waals surface area (Å²) < 4.78 is 0. The van der Waals surface area contributed by atoms with Crippen molar-refractivity contribution in [2.75, 3.05) is 19.6 Å². The third-order valence-electron chi connectivity index (χ3n) is 2.71. The summed E-state index contributed by atoms with van der Waals surface area (Å²) in [5.41, 5.74) is 0. The maximum absolute atomic E-state index is 11.5. The van der Waals surface area contributed by atoms with Crippen LogP contribution in [-0.4, -0.2) is 47.6 Å². The van der Waals surface area contributed by atoms with Crippen molar-refractivity contribution in [3.05, 3.63) is 0 Å². The highest BCUT2D eigenvalue weighted by atomic mass is 16.4. The van der Waals surface area contributed by atoms with Crippen LogP contribution in [0.25, 0.3) is 0 Å². The molecule has 0 fully saturated rings. The summed E-state index contributed by atoms with van der Waals surface area (Å²) >= 11 is 0. The van der Waals surface area contributed by atoms with Crippen molar-refractivity contribution < 1.29 is 14.7 Å². The molecule has 18 heavy (non-hydrogen) atoms. The molecule has 0 aromatic carbocycles. The van der Waals surface area contributed by atoms with E-state index in [2.05, 4.69) is 24.1 Å². The molecule has 0 spiro atoms. The van der Waals surface area contributed by atoms with E-state index in [1.54, 1.807) is 0 Å². The Balaban J connectivity index is 3.80. The fourth-order valence-electron chi connectivity index (χ4n) is 1.81. The molecule has 0 radical (unpaired) electrons. The maximum Gasteiger partial charge on any atom is 0.325 e. The van der Waals surface area contributed by atoms with Gasteiger partial charge in [0.1, 0.15) is 6.04 Å². The van der Waals surface area contributed by atoms with E-state index >= 15 is 0 Å². The van der Waals surface area contributed by atoms with Crippen molar-refractivity contribution in [2.45, 2.75) is 52.5 Å². The molecule has 0 aliphatic heterocycles. The van der Waals surface area contributed by atoms with Gasteiger partial charge in [0.15, 0.2) is 0 Å². The Kier molecular flexibility index (Phi) is 9.28. The van der Waals surface area contributed by atoms with Gasteiger partial charge in [-0.2, -0.15) is 0 Å². The predicted molar refractivity (Wildman–Crippen MR) is 71.5 cm³/mol. The van der Waals surface area contributed by atoms with Gasteiger partial charge in [-0.05, 0) is 45.8 Å². The van der Waals surface area contributed by atoms with Crippen molar-refractivity contribution in [1.82, 2.24) is 10.2 Å². The second-order valence-electron chi connectivity index (χ2n) is 4.57. The molecule has 0 aromatic heterocycles. The lowest BCUT2D eigenvalue weighted by Crippen LogP contribution is -2.38. The van der Waals surface area contributed by atoms with E-state index in [0.717, 1.165) is 38.9 Å². The molecule has 5 nitrogen and oxygen atoms in total. The average Bonchev–Trinajstić information content (AvgIpc) is 2.29. The predicted octanol–water partition coefficient (Wildman–Crippen LogP) is 1.48. The van der Waals surface area contributed by atoms with Crippen LogP contribution in [0.2, 0.25) is 0 Å². The Bertz CT molecular complexity index is 251. The Morgan fingerprint density at radius 2 is 1.72 bits per heavy atom. The summed E-state index contributed by atoms with van der Waals surface area (Å²) in [6, 6.07) is -0.806. The highest BCUT2D eigenvalue weighted by Crippen LogP contribution is 1.99. The standard InChI is InChI=1S/C13H26N2O3/c1-4-8-15(9-5-2)10-6-7-12(16)14-11(3)13(17)18/h11H,4-10H2,1-3H3,(H,14,16)(H,17,18)/t11-/m1/s1. The number of hydrogen-bond acceptors (Lipinski definition) is 3. The Hall–Kier alpha value is -1.10. The number of carboxylic acid groups (broad SMARTS) is 1. The Morgan fingerprint density at radius 1 is 1.17 bits per heavy atom. The van der Waals surface area contributed by atoms with E-state index in [1.165, 1.54) is 6.92 Å². The quantitative estimate of drug-likeness (QED) is 0.622.